The Balaban J connectivity index is 2.11. The third-order valence-corrected chi connectivity index (χ3v) is 4.77. The summed E-state index contributed by atoms with van der Waals surface area (Å²) < 4.78 is 22.4. The molecule has 0 aliphatic carbocycles. The molecule has 5 nitrogen and oxygen atoms in total. The minimum absolute atomic E-state index is 0.0971. The second-order valence-corrected chi connectivity index (χ2v) is 7.53. The lowest BCUT2D eigenvalue weighted by atomic mass is 10.1. The van der Waals surface area contributed by atoms with Gasteiger partial charge in [0.25, 0.3) is 9.05 Å². The molecule has 1 aliphatic heterocycles. The predicted molar refractivity (Wildman–Crippen MR) is 78.9 cm³/mol. The Morgan fingerprint density at radius 3 is 2.40 bits per heavy atom. The van der Waals surface area contributed by atoms with Crippen LogP contribution in [-0.4, -0.2) is 32.4 Å². The van der Waals surface area contributed by atoms with E-state index in [0.29, 0.717) is 5.69 Å². The first kappa shape index (κ1) is 15.4. The summed E-state index contributed by atoms with van der Waals surface area (Å²) in [4.78, 5) is 13.6. The molecule has 0 atom stereocenters. The zero-order valence-corrected chi connectivity index (χ0v) is 12.9. The molecular formula is C12H14Cl2N2O3S. The van der Waals surface area contributed by atoms with Gasteiger partial charge in [-0.05, 0) is 37.5 Å². The lowest BCUT2D eigenvalue weighted by Crippen LogP contribution is -2.38. The summed E-state index contributed by atoms with van der Waals surface area (Å²) in [5, 5.41) is 2.81. The summed E-state index contributed by atoms with van der Waals surface area (Å²) in [6.45, 7) is 1.44. The van der Waals surface area contributed by atoms with Crippen LogP contribution in [0.4, 0.5) is 10.5 Å². The molecule has 1 N–H and O–H groups in total. The molecule has 0 unspecified atom stereocenters. The number of amides is 2. The van der Waals surface area contributed by atoms with Crippen LogP contribution in [-0.2, 0) is 9.05 Å². The van der Waals surface area contributed by atoms with Gasteiger partial charge in [0.05, 0.1) is 15.6 Å². The van der Waals surface area contributed by atoms with Gasteiger partial charge in [-0.2, -0.15) is 0 Å². The van der Waals surface area contributed by atoms with Crippen LogP contribution in [0, 0.1) is 0 Å². The van der Waals surface area contributed by atoms with E-state index in [-0.39, 0.29) is 15.9 Å². The summed E-state index contributed by atoms with van der Waals surface area (Å²) in [5.41, 5.74) is 0.367. The van der Waals surface area contributed by atoms with Crippen molar-refractivity contribution in [2.24, 2.45) is 0 Å². The Labute approximate surface area is 127 Å². The molecule has 1 fully saturated rings. The number of halogens is 2. The first-order valence-electron chi connectivity index (χ1n) is 6.18. The summed E-state index contributed by atoms with van der Waals surface area (Å²) >= 11 is 5.96. The van der Waals surface area contributed by atoms with E-state index in [0.717, 1.165) is 32.4 Å². The van der Waals surface area contributed by atoms with E-state index in [2.05, 4.69) is 5.32 Å². The third-order valence-electron chi connectivity index (χ3n) is 3.11. The van der Waals surface area contributed by atoms with Gasteiger partial charge in [-0.25, -0.2) is 13.2 Å². The van der Waals surface area contributed by atoms with E-state index in [1.807, 2.05) is 0 Å². The van der Waals surface area contributed by atoms with Gasteiger partial charge in [-0.15, -0.1) is 0 Å². The maximum absolute atomic E-state index is 12.0. The summed E-state index contributed by atoms with van der Waals surface area (Å²) in [7, 11) is 1.40. The molecule has 1 aromatic carbocycles. The van der Waals surface area contributed by atoms with Gasteiger partial charge in [0, 0.05) is 23.8 Å². The molecule has 0 bridgehead atoms. The SMILES string of the molecule is O=C(Nc1ccc(S(=O)(=O)Cl)cc1Cl)N1CCCCC1. The fourth-order valence-corrected chi connectivity index (χ4v) is 3.11. The maximum Gasteiger partial charge on any atom is 0.321 e. The molecule has 1 aliphatic rings. The zero-order valence-electron chi connectivity index (χ0n) is 10.6. The number of piperidine rings is 1. The molecule has 20 heavy (non-hydrogen) atoms. The van der Waals surface area contributed by atoms with E-state index in [9.17, 15) is 13.2 Å². The van der Waals surface area contributed by atoms with Gasteiger partial charge < -0.3 is 10.2 Å². The van der Waals surface area contributed by atoms with Crippen molar-refractivity contribution < 1.29 is 13.2 Å². The number of nitrogens with zero attached hydrogens (tertiary/aromatic N) is 1. The number of hydrogen-bond donors (Lipinski definition) is 1. The highest BCUT2D eigenvalue weighted by Gasteiger charge is 2.18. The van der Waals surface area contributed by atoms with Crippen LogP contribution in [0.25, 0.3) is 0 Å². The molecule has 1 saturated heterocycles. The van der Waals surface area contributed by atoms with Crippen LogP contribution >= 0.6 is 22.3 Å². The van der Waals surface area contributed by atoms with Crippen molar-refractivity contribution in [2.45, 2.75) is 24.2 Å². The van der Waals surface area contributed by atoms with E-state index in [1.54, 1.807) is 4.90 Å². The summed E-state index contributed by atoms with van der Waals surface area (Å²) in [5.74, 6) is 0. The van der Waals surface area contributed by atoms with Crippen molar-refractivity contribution in [3.8, 4) is 0 Å². The van der Waals surface area contributed by atoms with Gasteiger partial charge in [0.15, 0.2) is 0 Å². The standard InChI is InChI=1S/C12H14Cl2N2O3S/c13-10-8-9(20(14,18)19)4-5-11(10)15-12(17)16-6-2-1-3-7-16/h4-5,8H,1-3,6-7H2,(H,15,17). The van der Waals surface area contributed by atoms with Crippen molar-refractivity contribution >= 4 is 43.1 Å². The number of rotatable bonds is 2. The predicted octanol–water partition coefficient (Wildman–Crippen LogP) is 3.29. The van der Waals surface area contributed by atoms with E-state index in [4.69, 9.17) is 22.3 Å². The third kappa shape index (κ3) is 3.77. The first-order valence-corrected chi connectivity index (χ1v) is 8.87. The average Bonchev–Trinajstić information content (AvgIpc) is 2.41. The second-order valence-electron chi connectivity index (χ2n) is 4.56. The fourth-order valence-electron chi connectivity index (χ4n) is 2.04. The van der Waals surface area contributed by atoms with Crippen molar-refractivity contribution in [2.75, 3.05) is 18.4 Å². The molecule has 0 spiro atoms. The fraction of sp³-hybridized carbons (Fsp3) is 0.417. The minimum atomic E-state index is -3.83. The van der Waals surface area contributed by atoms with E-state index in [1.165, 1.54) is 18.2 Å². The minimum Gasteiger partial charge on any atom is -0.325 e. The van der Waals surface area contributed by atoms with E-state index >= 15 is 0 Å². The maximum atomic E-state index is 12.0. The Hall–Kier alpha value is -0.980. The summed E-state index contributed by atoms with van der Waals surface area (Å²) in [6.07, 6.45) is 3.11. The number of benzene rings is 1. The van der Waals surface area contributed by atoms with Crippen LogP contribution < -0.4 is 5.32 Å². The monoisotopic (exact) mass is 336 g/mol. The van der Waals surface area contributed by atoms with Crippen molar-refractivity contribution in [1.29, 1.82) is 0 Å². The largest absolute Gasteiger partial charge is 0.325 e. The Kier molecular flexibility index (Phi) is 4.78. The lowest BCUT2D eigenvalue weighted by Gasteiger charge is -2.27. The molecular weight excluding hydrogens is 323 g/mol. The van der Waals surface area contributed by atoms with Crippen molar-refractivity contribution in [3.63, 3.8) is 0 Å². The topological polar surface area (TPSA) is 66.5 Å². The second kappa shape index (κ2) is 6.20. The molecule has 1 heterocycles. The van der Waals surface area contributed by atoms with Crippen LogP contribution in [0.1, 0.15) is 19.3 Å². The van der Waals surface area contributed by atoms with Gasteiger partial charge >= 0.3 is 6.03 Å². The molecule has 8 heteroatoms. The smallest absolute Gasteiger partial charge is 0.321 e. The molecule has 0 radical (unpaired) electrons. The first-order chi connectivity index (χ1) is 9.38. The molecule has 2 amide bonds. The lowest BCUT2D eigenvalue weighted by molar-refractivity contribution is 0.200. The highest BCUT2D eigenvalue weighted by atomic mass is 35.7. The molecule has 110 valence electrons. The van der Waals surface area contributed by atoms with Gasteiger partial charge in [-0.1, -0.05) is 11.6 Å². The molecule has 0 aromatic heterocycles. The number of hydrogen-bond acceptors (Lipinski definition) is 3. The van der Waals surface area contributed by atoms with Gasteiger partial charge in [0.2, 0.25) is 0 Å². The van der Waals surface area contributed by atoms with Crippen molar-refractivity contribution in [1.82, 2.24) is 4.90 Å². The number of carbonyl (C=O) groups excluding carboxylic acids is 1. The highest BCUT2D eigenvalue weighted by molar-refractivity contribution is 8.13. The van der Waals surface area contributed by atoms with E-state index < -0.39 is 9.05 Å². The number of carbonyl (C=O) groups is 1. The van der Waals surface area contributed by atoms with Gasteiger partial charge in [0.1, 0.15) is 0 Å². The summed E-state index contributed by atoms with van der Waals surface area (Å²) in [6, 6.07) is 3.72. The number of nitrogens with one attached hydrogen (secondary N) is 1. The van der Waals surface area contributed by atoms with Crippen LogP contribution in [0.15, 0.2) is 23.1 Å². The molecule has 1 aromatic rings. The normalized spacial score (nSPS) is 16.0. The zero-order chi connectivity index (χ0) is 14.8. The van der Waals surface area contributed by atoms with Crippen LogP contribution in [0.5, 0.6) is 0 Å². The number of likely N-dealkylation sites (tertiary alicyclic amines) is 1. The molecule has 2 rings (SSSR count). The number of urea groups is 1. The van der Waals surface area contributed by atoms with Gasteiger partial charge in [-0.3, -0.25) is 0 Å². The van der Waals surface area contributed by atoms with Crippen LogP contribution in [0.3, 0.4) is 0 Å². The number of anilines is 1. The Bertz CT molecular complexity index is 613. The Morgan fingerprint density at radius 1 is 1.20 bits per heavy atom. The van der Waals surface area contributed by atoms with Crippen molar-refractivity contribution in [3.05, 3.63) is 23.2 Å². The quantitative estimate of drug-likeness (QED) is 0.842. The average molecular weight is 337 g/mol. The Morgan fingerprint density at radius 2 is 1.85 bits per heavy atom. The highest BCUT2D eigenvalue weighted by Crippen LogP contribution is 2.27. The molecule has 0 saturated carbocycles. The van der Waals surface area contributed by atoms with Crippen LogP contribution in [0.2, 0.25) is 5.02 Å².